The van der Waals surface area contributed by atoms with Crippen LogP contribution in [0.2, 0.25) is 0 Å². The van der Waals surface area contributed by atoms with Crippen molar-refractivity contribution in [3.63, 3.8) is 0 Å². The summed E-state index contributed by atoms with van der Waals surface area (Å²) in [4.78, 5) is 12.4. The highest BCUT2D eigenvalue weighted by Crippen LogP contribution is 2.08. The van der Waals surface area contributed by atoms with E-state index in [0.717, 1.165) is 19.7 Å². The van der Waals surface area contributed by atoms with Gasteiger partial charge in [-0.2, -0.15) is 0 Å². The first kappa shape index (κ1) is 13.4. The van der Waals surface area contributed by atoms with Gasteiger partial charge in [-0.05, 0) is 13.5 Å². The molecule has 1 rings (SSSR count). The summed E-state index contributed by atoms with van der Waals surface area (Å²) in [6, 6.07) is 0. The van der Waals surface area contributed by atoms with Crippen LogP contribution >= 0.6 is 0 Å². The normalized spacial score (nSPS) is 22.4. The predicted molar refractivity (Wildman–Crippen MR) is 55.5 cm³/mol. The molecule has 14 heavy (non-hydrogen) atoms. The van der Waals surface area contributed by atoms with Gasteiger partial charge in [-0.25, -0.2) is 0 Å². The lowest BCUT2D eigenvalue weighted by atomic mass is 10.1. The van der Waals surface area contributed by atoms with Crippen LogP contribution in [0.15, 0.2) is 0 Å². The Balaban J connectivity index is 0.000000791. The van der Waals surface area contributed by atoms with Gasteiger partial charge in [0.1, 0.15) is 0 Å². The standard InChI is InChI=1S/C8H15NO3.C2H6/c1-9-4-5-12-7(6-9)2-3-8(10)11;1-2/h7H,2-6H2,1H3,(H,10,11);1-2H3. The lowest BCUT2D eigenvalue weighted by molar-refractivity contribution is -0.138. The molecule has 0 bridgehead atoms. The molecule has 0 aromatic rings. The van der Waals surface area contributed by atoms with E-state index in [1.165, 1.54) is 0 Å². The van der Waals surface area contributed by atoms with E-state index in [0.29, 0.717) is 6.42 Å². The summed E-state index contributed by atoms with van der Waals surface area (Å²) in [6.45, 7) is 6.53. The van der Waals surface area contributed by atoms with Crippen LogP contribution in [-0.4, -0.2) is 48.8 Å². The van der Waals surface area contributed by atoms with Gasteiger partial charge in [0.2, 0.25) is 0 Å². The first-order valence-electron chi connectivity index (χ1n) is 5.20. The summed E-state index contributed by atoms with van der Waals surface area (Å²) in [6.07, 6.45) is 0.942. The Hall–Kier alpha value is -0.610. The van der Waals surface area contributed by atoms with Crippen LogP contribution in [-0.2, 0) is 9.53 Å². The summed E-state index contributed by atoms with van der Waals surface area (Å²) >= 11 is 0. The number of hydrogen-bond acceptors (Lipinski definition) is 3. The largest absolute Gasteiger partial charge is 0.481 e. The number of rotatable bonds is 3. The van der Waals surface area contributed by atoms with Crippen molar-refractivity contribution in [2.45, 2.75) is 32.8 Å². The Morgan fingerprint density at radius 2 is 2.21 bits per heavy atom. The van der Waals surface area contributed by atoms with Gasteiger partial charge in [-0.1, -0.05) is 13.8 Å². The third kappa shape index (κ3) is 5.94. The molecule has 84 valence electrons. The van der Waals surface area contributed by atoms with Crippen molar-refractivity contribution in [1.29, 1.82) is 0 Å². The van der Waals surface area contributed by atoms with E-state index in [1.807, 2.05) is 20.9 Å². The first-order chi connectivity index (χ1) is 6.68. The average molecular weight is 203 g/mol. The van der Waals surface area contributed by atoms with Crippen LogP contribution < -0.4 is 0 Å². The van der Waals surface area contributed by atoms with Crippen LogP contribution in [0, 0.1) is 0 Å². The number of ether oxygens (including phenoxy) is 1. The van der Waals surface area contributed by atoms with Crippen molar-refractivity contribution in [3.8, 4) is 0 Å². The lowest BCUT2D eigenvalue weighted by Crippen LogP contribution is -2.40. The van der Waals surface area contributed by atoms with Crippen molar-refractivity contribution in [2.24, 2.45) is 0 Å². The molecule has 0 aromatic carbocycles. The molecule has 0 aliphatic carbocycles. The summed E-state index contributed by atoms with van der Waals surface area (Å²) in [5, 5.41) is 8.44. The lowest BCUT2D eigenvalue weighted by Gasteiger charge is -2.29. The van der Waals surface area contributed by atoms with Gasteiger partial charge in [0.05, 0.1) is 12.7 Å². The molecule has 4 heteroatoms. The molecule has 1 aliphatic heterocycles. The molecule has 0 radical (unpaired) electrons. The highest BCUT2D eigenvalue weighted by Gasteiger charge is 2.17. The molecule has 4 nitrogen and oxygen atoms in total. The zero-order valence-corrected chi connectivity index (χ0v) is 9.32. The maximum atomic E-state index is 10.3. The maximum Gasteiger partial charge on any atom is 0.303 e. The van der Waals surface area contributed by atoms with Crippen LogP contribution in [0.3, 0.4) is 0 Å². The smallest absolute Gasteiger partial charge is 0.303 e. The van der Waals surface area contributed by atoms with Crippen LogP contribution in [0.1, 0.15) is 26.7 Å². The Labute approximate surface area is 85.9 Å². The number of carbonyl (C=O) groups is 1. The highest BCUT2D eigenvalue weighted by atomic mass is 16.5. The minimum atomic E-state index is -0.744. The van der Waals surface area contributed by atoms with Gasteiger partial charge >= 0.3 is 5.97 Å². The number of nitrogens with zero attached hydrogens (tertiary/aromatic N) is 1. The molecular weight excluding hydrogens is 182 g/mol. The van der Waals surface area contributed by atoms with Crippen LogP contribution in [0.4, 0.5) is 0 Å². The molecule has 0 amide bonds. The second-order valence-electron chi connectivity index (χ2n) is 3.19. The third-order valence-corrected chi connectivity index (χ3v) is 2.02. The number of likely N-dealkylation sites (N-methyl/N-ethyl adjacent to an activating group) is 1. The van der Waals surface area contributed by atoms with E-state index < -0.39 is 5.97 Å². The van der Waals surface area contributed by atoms with E-state index in [1.54, 1.807) is 0 Å². The average Bonchev–Trinajstić information content (AvgIpc) is 2.18. The molecule has 1 unspecified atom stereocenters. The molecule has 0 spiro atoms. The van der Waals surface area contributed by atoms with E-state index in [-0.39, 0.29) is 12.5 Å². The van der Waals surface area contributed by atoms with Crippen molar-refractivity contribution in [3.05, 3.63) is 0 Å². The number of morpholine rings is 1. The Kier molecular flexibility index (Phi) is 7.42. The van der Waals surface area contributed by atoms with Crippen LogP contribution in [0.5, 0.6) is 0 Å². The Bertz CT molecular complexity index is 161. The fourth-order valence-corrected chi connectivity index (χ4v) is 1.33. The quantitative estimate of drug-likeness (QED) is 0.749. The fraction of sp³-hybridized carbons (Fsp3) is 0.900. The zero-order chi connectivity index (χ0) is 11.0. The number of carboxylic acid groups (broad SMARTS) is 1. The van der Waals surface area contributed by atoms with Crippen LogP contribution in [0.25, 0.3) is 0 Å². The minimum Gasteiger partial charge on any atom is -0.481 e. The van der Waals surface area contributed by atoms with Gasteiger partial charge in [0.15, 0.2) is 0 Å². The van der Waals surface area contributed by atoms with Gasteiger partial charge < -0.3 is 14.7 Å². The van der Waals surface area contributed by atoms with Crippen molar-refractivity contribution < 1.29 is 14.6 Å². The molecule has 1 atom stereocenters. The van der Waals surface area contributed by atoms with E-state index >= 15 is 0 Å². The maximum absolute atomic E-state index is 10.3. The fourth-order valence-electron chi connectivity index (χ4n) is 1.33. The number of hydrogen-bond donors (Lipinski definition) is 1. The second-order valence-corrected chi connectivity index (χ2v) is 3.19. The topological polar surface area (TPSA) is 49.8 Å². The van der Waals surface area contributed by atoms with Gasteiger partial charge in [-0.3, -0.25) is 4.79 Å². The van der Waals surface area contributed by atoms with E-state index in [9.17, 15) is 4.79 Å². The van der Waals surface area contributed by atoms with Crippen molar-refractivity contribution in [1.82, 2.24) is 4.90 Å². The first-order valence-corrected chi connectivity index (χ1v) is 5.20. The summed E-state index contributed by atoms with van der Waals surface area (Å²) < 4.78 is 5.39. The second kappa shape index (κ2) is 7.76. The van der Waals surface area contributed by atoms with Gasteiger partial charge in [0, 0.05) is 19.5 Å². The van der Waals surface area contributed by atoms with Crippen molar-refractivity contribution >= 4 is 5.97 Å². The van der Waals surface area contributed by atoms with Gasteiger partial charge in [-0.15, -0.1) is 0 Å². The van der Waals surface area contributed by atoms with Gasteiger partial charge in [0.25, 0.3) is 0 Å². The SMILES string of the molecule is CC.CN1CCOC(CCC(=O)O)C1. The summed E-state index contributed by atoms with van der Waals surface area (Å²) in [5.74, 6) is -0.744. The molecule has 1 N–H and O–H groups in total. The Morgan fingerprint density at radius 3 is 2.71 bits per heavy atom. The molecular formula is C10H21NO3. The monoisotopic (exact) mass is 203 g/mol. The summed E-state index contributed by atoms with van der Waals surface area (Å²) in [5.41, 5.74) is 0. The molecule has 1 fully saturated rings. The molecule has 1 saturated heterocycles. The third-order valence-electron chi connectivity index (χ3n) is 2.02. The Morgan fingerprint density at radius 1 is 1.57 bits per heavy atom. The molecule has 1 aliphatic rings. The number of carboxylic acids is 1. The molecule has 0 saturated carbocycles. The highest BCUT2D eigenvalue weighted by molar-refractivity contribution is 5.66. The summed E-state index contributed by atoms with van der Waals surface area (Å²) in [7, 11) is 2.02. The number of aliphatic carboxylic acids is 1. The molecule has 0 aromatic heterocycles. The molecule has 1 heterocycles. The van der Waals surface area contributed by atoms with E-state index in [2.05, 4.69) is 4.90 Å². The zero-order valence-electron chi connectivity index (χ0n) is 9.32. The predicted octanol–water partition coefficient (Wildman–Crippen LogP) is 1.21. The van der Waals surface area contributed by atoms with E-state index in [4.69, 9.17) is 9.84 Å². The van der Waals surface area contributed by atoms with Crippen molar-refractivity contribution in [2.75, 3.05) is 26.7 Å². The minimum absolute atomic E-state index is 0.111.